The summed E-state index contributed by atoms with van der Waals surface area (Å²) in [6, 6.07) is 11.4. The second kappa shape index (κ2) is 9.33. The molecule has 0 aliphatic heterocycles. The fourth-order valence-corrected chi connectivity index (χ4v) is 4.65. The van der Waals surface area contributed by atoms with Crippen LogP contribution in [0.2, 0.25) is 0 Å². The minimum atomic E-state index is -0.693. The fourth-order valence-electron chi connectivity index (χ4n) is 2.95. The highest BCUT2D eigenvalue weighted by molar-refractivity contribution is 7.20. The number of halogens is 1. The Bertz CT molecular complexity index is 1300. The minimum absolute atomic E-state index is 0.222. The van der Waals surface area contributed by atoms with E-state index in [1.165, 1.54) is 23.5 Å². The number of carbonyl (C=O) groups is 2. The van der Waals surface area contributed by atoms with Crippen LogP contribution in [0.15, 0.2) is 47.8 Å². The summed E-state index contributed by atoms with van der Waals surface area (Å²) in [6.07, 6.45) is 0. The maximum Gasteiger partial charge on any atom is 0.348 e. The summed E-state index contributed by atoms with van der Waals surface area (Å²) in [5, 5.41) is 5.06. The van der Waals surface area contributed by atoms with Crippen LogP contribution in [0, 0.1) is 5.82 Å². The summed E-state index contributed by atoms with van der Waals surface area (Å²) in [7, 11) is 3.12. The van der Waals surface area contributed by atoms with Gasteiger partial charge in [0, 0.05) is 21.0 Å². The van der Waals surface area contributed by atoms with Crippen molar-refractivity contribution >= 4 is 49.8 Å². The highest BCUT2D eigenvalue weighted by Crippen LogP contribution is 2.35. The molecule has 2 aromatic carbocycles. The van der Waals surface area contributed by atoms with E-state index in [2.05, 4.69) is 10.3 Å². The molecule has 0 bridgehead atoms. The Morgan fingerprint density at radius 2 is 1.97 bits per heavy atom. The van der Waals surface area contributed by atoms with E-state index in [1.807, 2.05) is 0 Å². The summed E-state index contributed by atoms with van der Waals surface area (Å²) in [5.41, 5.74) is 1.32. The fraction of sp³-hybridized carbons (Fsp3) is 0.136. The summed E-state index contributed by atoms with van der Waals surface area (Å²) >= 11 is 2.32. The molecule has 1 amide bonds. The van der Waals surface area contributed by atoms with Gasteiger partial charge in [-0.15, -0.1) is 22.7 Å². The number of fused-ring (bicyclic) bond motifs is 1. The van der Waals surface area contributed by atoms with Crippen LogP contribution >= 0.6 is 22.7 Å². The van der Waals surface area contributed by atoms with Crippen molar-refractivity contribution in [2.24, 2.45) is 0 Å². The topological polar surface area (TPSA) is 86.8 Å². The number of hydrogen-bond donors (Lipinski definition) is 1. The Labute approximate surface area is 190 Å². The number of ether oxygens (including phenoxy) is 3. The molecule has 0 unspecified atom stereocenters. The number of aromatic nitrogens is 1. The van der Waals surface area contributed by atoms with Crippen molar-refractivity contribution < 1.29 is 28.2 Å². The average Bonchev–Trinajstić information content (AvgIpc) is 3.45. The van der Waals surface area contributed by atoms with Crippen molar-refractivity contribution in [1.82, 2.24) is 4.98 Å². The molecule has 2 heterocycles. The smallest absolute Gasteiger partial charge is 0.348 e. The second-order valence-corrected chi connectivity index (χ2v) is 8.43. The lowest BCUT2D eigenvalue weighted by molar-refractivity contribution is -0.119. The number of esters is 1. The van der Waals surface area contributed by atoms with Crippen molar-refractivity contribution in [3.8, 4) is 22.8 Å². The zero-order valence-corrected chi connectivity index (χ0v) is 18.6. The standard InChI is InChI=1S/C22H17FN2O5S2/c1-28-12-6-7-17(29-2)14(8-12)16-11-31-22(24-16)25-20(26)10-30-21(27)19-9-13-15(23)4-3-5-18(13)32-19/h3-9,11H,10H2,1-2H3,(H,24,25,26). The normalized spacial score (nSPS) is 10.7. The predicted octanol–water partition coefficient (Wildman–Crippen LogP) is 4.98. The van der Waals surface area contributed by atoms with E-state index in [0.717, 1.165) is 11.3 Å². The first kappa shape index (κ1) is 21.7. The molecule has 7 nitrogen and oxygen atoms in total. The van der Waals surface area contributed by atoms with Crippen molar-refractivity contribution in [3.05, 3.63) is 58.5 Å². The van der Waals surface area contributed by atoms with Gasteiger partial charge in [0.1, 0.15) is 22.2 Å². The van der Waals surface area contributed by atoms with Gasteiger partial charge in [0.25, 0.3) is 5.91 Å². The molecule has 0 spiro atoms. The van der Waals surface area contributed by atoms with Gasteiger partial charge in [-0.25, -0.2) is 14.2 Å². The number of methoxy groups -OCH3 is 2. The molecule has 0 atom stereocenters. The Morgan fingerprint density at radius 3 is 2.72 bits per heavy atom. The lowest BCUT2D eigenvalue weighted by Gasteiger charge is -2.08. The first-order chi connectivity index (χ1) is 15.5. The van der Waals surface area contributed by atoms with Crippen molar-refractivity contribution in [2.45, 2.75) is 0 Å². The SMILES string of the molecule is COc1ccc(OC)c(-c2csc(NC(=O)COC(=O)c3cc4c(F)cccc4s3)n2)c1. The number of nitrogens with one attached hydrogen (secondary N) is 1. The molecule has 2 aromatic heterocycles. The van der Waals surface area contributed by atoms with E-state index in [9.17, 15) is 14.0 Å². The highest BCUT2D eigenvalue weighted by atomic mass is 32.1. The molecule has 10 heteroatoms. The molecule has 164 valence electrons. The number of anilines is 1. The summed E-state index contributed by atoms with van der Waals surface area (Å²) in [6.45, 7) is -0.493. The Hall–Kier alpha value is -3.50. The lowest BCUT2D eigenvalue weighted by atomic mass is 10.1. The van der Waals surface area contributed by atoms with Gasteiger partial charge in [-0.1, -0.05) is 6.07 Å². The number of amides is 1. The first-order valence-electron chi connectivity index (χ1n) is 9.31. The zero-order chi connectivity index (χ0) is 22.7. The molecule has 1 N–H and O–H groups in total. The van der Waals surface area contributed by atoms with Crippen molar-refractivity contribution in [3.63, 3.8) is 0 Å². The van der Waals surface area contributed by atoms with Crippen molar-refractivity contribution in [1.29, 1.82) is 0 Å². The van der Waals surface area contributed by atoms with Gasteiger partial charge in [-0.05, 0) is 36.4 Å². The Morgan fingerprint density at radius 1 is 1.12 bits per heavy atom. The van der Waals surface area contributed by atoms with Crippen LogP contribution < -0.4 is 14.8 Å². The van der Waals surface area contributed by atoms with Crippen LogP contribution in [0.4, 0.5) is 9.52 Å². The van der Waals surface area contributed by atoms with Gasteiger partial charge in [0.05, 0.1) is 19.9 Å². The minimum Gasteiger partial charge on any atom is -0.497 e. The number of nitrogens with zero attached hydrogens (tertiary/aromatic N) is 1. The monoisotopic (exact) mass is 472 g/mol. The number of thiazole rings is 1. The Kier molecular flexibility index (Phi) is 6.33. The third-order valence-electron chi connectivity index (χ3n) is 4.48. The molecule has 0 radical (unpaired) electrons. The van der Waals surface area contributed by atoms with Crippen molar-refractivity contribution in [2.75, 3.05) is 26.1 Å². The summed E-state index contributed by atoms with van der Waals surface area (Å²) < 4.78 is 30.1. The zero-order valence-electron chi connectivity index (χ0n) is 17.0. The maximum atomic E-state index is 13.8. The van der Waals surface area contributed by atoms with E-state index in [1.54, 1.807) is 49.9 Å². The number of carbonyl (C=O) groups excluding carboxylic acids is 2. The largest absolute Gasteiger partial charge is 0.497 e. The molecule has 0 saturated heterocycles. The molecular formula is C22H17FN2O5S2. The average molecular weight is 473 g/mol. The van der Waals surface area contributed by atoms with Crippen LogP contribution in [0.1, 0.15) is 9.67 Å². The van der Waals surface area contributed by atoms with E-state index in [-0.39, 0.29) is 4.88 Å². The maximum absolute atomic E-state index is 13.8. The third-order valence-corrected chi connectivity index (χ3v) is 6.31. The second-order valence-electron chi connectivity index (χ2n) is 6.49. The van der Waals surface area contributed by atoms with Crippen LogP contribution in [-0.2, 0) is 9.53 Å². The highest BCUT2D eigenvalue weighted by Gasteiger charge is 2.17. The van der Waals surface area contributed by atoms with Crippen LogP contribution in [0.25, 0.3) is 21.3 Å². The van der Waals surface area contributed by atoms with E-state index >= 15 is 0 Å². The molecule has 0 saturated carbocycles. The van der Waals surface area contributed by atoms with Crippen LogP contribution in [0.5, 0.6) is 11.5 Å². The van der Waals surface area contributed by atoms with Gasteiger partial charge < -0.3 is 14.2 Å². The number of thiophene rings is 1. The van der Waals surface area contributed by atoms with E-state index in [4.69, 9.17) is 14.2 Å². The number of rotatable bonds is 7. The molecule has 0 aliphatic carbocycles. The summed E-state index contributed by atoms with van der Waals surface area (Å²) in [4.78, 5) is 29.1. The Balaban J connectivity index is 1.39. The molecular weight excluding hydrogens is 455 g/mol. The van der Waals surface area contributed by atoms with Gasteiger partial charge in [-0.2, -0.15) is 0 Å². The van der Waals surface area contributed by atoms with Crippen LogP contribution in [0.3, 0.4) is 0 Å². The van der Waals surface area contributed by atoms with Gasteiger partial charge in [-0.3, -0.25) is 10.1 Å². The van der Waals surface area contributed by atoms with E-state index in [0.29, 0.717) is 38.0 Å². The first-order valence-corrected chi connectivity index (χ1v) is 11.0. The van der Waals surface area contributed by atoms with Gasteiger partial charge in [0.15, 0.2) is 11.7 Å². The molecule has 32 heavy (non-hydrogen) atoms. The molecule has 4 aromatic rings. The van der Waals surface area contributed by atoms with Gasteiger partial charge in [0.2, 0.25) is 0 Å². The summed E-state index contributed by atoms with van der Waals surface area (Å²) in [5.74, 6) is -0.385. The van der Waals surface area contributed by atoms with Crippen LogP contribution in [-0.4, -0.2) is 37.7 Å². The van der Waals surface area contributed by atoms with E-state index < -0.39 is 24.3 Å². The quantitative estimate of drug-likeness (QED) is 0.382. The predicted molar refractivity (Wildman–Crippen MR) is 121 cm³/mol. The number of benzene rings is 2. The van der Waals surface area contributed by atoms with Gasteiger partial charge >= 0.3 is 5.97 Å². The molecule has 0 fully saturated rings. The lowest BCUT2D eigenvalue weighted by Crippen LogP contribution is -2.20. The molecule has 0 aliphatic rings. The number of hydrogen-bond acceptors (Lipinski definition) is 8. The third kappa shape index (κ3) is 4.56. The molecule has 4 rings (SSSR count).